The third kappa shape index (κ3) is 7.50. The van der Waals surface area contributed by atoms with Gasteiger partial charge < -0.3 is 14.7 Å². The van der Waals surface area contributed by atoms with Gasteiger partial charge in [0.15, 0.2) is 0 Å². The molecule has 0 aliphatic carbocycles. The first-order chi connectivity index (χ1) is 35.0. The van der Waals surface area contributed by atoms with E-state index in [0.717, 1.165) is 54.8 Å². The summed E-state index contributed by atoms with van der Waals surface area (Å²) in [6.07, 6.45) is 5.54. The smallest absolute Gasteiger partial charge is 0.135 e. The molecule has 0 radical (unpaired) electrons. The van der Waals surface area contributed by atoms with Crippen molar-refractivity contribution in [2.24, 2.45) is 0 Å². The third-order valence-corrected chi connectivity index (χ3v) is 12.1. The van der Waals surface area contributed by atoms with Gasteiger partial charge in [-0.3, -0.25) is 4.98 Å². The molecule has 0 saturated heterocycles. The van der Waals surface area contributed by atoms with Crippen LogP contribution in [0.5, 0.6) is 0 Å². The van der Waals surface area contributed by atoms with Crippen molar-refractivity contribution in [3.05, 3.63) is 219 Å². The Morgan fingerprint density at radius 1 is 0.578 bits per heavy atom. The molecular weight excluding hydrogens is 893 g/mol. The summed E-state index contributed by atoms with van der Waals surface area (Å²) in [5.74, 6) is 0.735. The monoisotopic (exact) mass is 944 g/mol. The van der Waals surface area contributed by atoms with E-state index in [4.69, 9.17) is 18.7 Å². The SMILES string of the molecule is [2H]c1c([2H])c([2H])c(-c2cccc(-c3c([2H])c([2H])c([2H])c([2H])c3[2H])c2N2[CH-]N(c3[c-]c(Sc4[c-]c5c(cc4)-c4ccccc4-c4ccncc4N5c4cc(C(C)(C)C)ccn4)ccc3)c3ccccc32)c([2H])c1[2H].[Pd]. The molecule has 7 heteroatoms. The maximum atomic E-state index is 9.05. The molecule has 2 aromatic heterocycles. The predicted molar refractivity (Wildman–Crippen MR) is 260 cm³/mol. The molecule has 64 heavy (non-hydrogen) atoms. The van der Waals surface area contributed by atoms with Gasteiger partial charge in [-0.25, -0.2) is 4.98 Å². The molecule has 0 fully saturated rings. The minimum atomic E-state index is -0.559. The molecule has 0 atom stereocenters. The first-order valence-corrected chi connectivity index (χ1v) is 21.2. The summed E-state index contributed by atoms with van der Waals surface area (Å²) in [6.45, 7) is 8.33. The maximum absolute atomic E-state index is 9.05. The summed E-state index contributed by atoms with van der Waals surface area (Å²) in [7, 11) is 0. The second-order valence-electron chi connectivity index (χ2n) is 16.1. The molecule has 9 aromatic rings. The summed E-state index contributed by atoms with van der Waals surface area (Å²) in [5, 5.41) is 0. The van der Waals surface area contributed by atoms with Crippen LogP contribution >= 0.6 is 11.8 Å². The van der Waals surface area contributed by atoms with Crippen molar-refractivity contribution in [3.8, 4) is 44.5 Å². The molecule has 0 N–H and O–H groups in total. The second kappa shape index (κ2) is 17.1. The fourth-order valence-corrected chi connectivity index (χ4v) is 9.06. The molecule has 2 aliphatic rings. The van der Waals surface area contributed by atoms with Crippen molar-refractivity contribution < 1.29 is 34.1 Å². The van der Waals surface area contributed by atoms with Crippen LogP contribution in [0.15, 0.2) is 204 Å². The van der Waals surface area contributed by atoms with Gasteiger partial charge >= 0.3 is 0 Å². The Balaban J connectivity index is 0.00000626. The molecule has 0 saturated carbocycles. The van der Waals surface area contributed by atoms with Gasteiger partial charge in [0, 0.05) is 66.6 Å². The third-order valence-electron chi connectivity index (χ3n) is 11.2. The van der Waals surface area contributed by atoms with Gasteiger partial charge in [0.2, 0.25) is 0 Å². The normalized spacial score (nSPS) is 14.9. The van der Waals surface area contributed by atoms with Crippen LogP contribution in [-0.4, -0.2) is 9.97 Å². The molecule has 4 heterocycles. The summed E-state index contributed by atoms with van der Waals surface area (Å²) in [5.41, 5.74) is 9.14. The fraction of sp³-hybridized carbons (Fsp3) is 0.0702. The Kier molecular flexibility index (Phi) is 8.32. The number of anilines is 7. The van der Waals surface area contributed by atoms with Crippen LogP contribution in [0.2, 0.25) is 0 Å². The van der Waals surface area contributed by atoms with Crippen LogP contribution < -0.4 is 14.7 Å². The molecule has 0 unspecified atom stereocenters. The van der Waals surface area contributed by atoms with E-state index in [-0.39, 0.29) is 53.8 Å². The Labute approximate surface area is 407 Å². The average molecular weight is 946 g/mol. The minimum Gasteiger partial charge on any atom is -0.493 e. The molecule has 0 bridgehead atoms. The van der Waals surface area contributed by atoms with E-state index in [1.54, 1.807) is 29.8 Å². The standard InChI is InChI=1S/C57H42N5S.Pd/c1-57(2,3)41-30-33-59-55(34-41)62-53-36-44(28-29-49(53)47-22-10-11-23-48(47)50-31-32-58-37-54(50)62)63-43-21-14-20-42(35-43)60-38-61(52-27-13-12-26-51(52)60)56-45(39-16-6-4-7-17-39)24-15-25-46(56)40-18-8-5-9-19-40;/h4-34,37-38H,1-3H3;/q-3;/i4D,5D,6D,7D,8D,9D,16D,17D,18D,19D;. The largest absolute Gasteiger partial charge is 0.493 e. The van der Waals surface area contributed by atoms with Crippen molar-refractivity contribution in [2.45, 2.75) is 36.0 Å². The van der Waals surface area contributed by atoms with Crippen LogP contribution in [0.25, 0.3) is 44.5 Å². The zero-order chi connectivity index (χ0) is 51.2. The molecule has 7 aromatic carbocycles. The Morgan fingerprint density at radius 3 is 1.91 bits per heavy atom. The zero-order valence-corrected chi connectivity index (χ0v) is 37.1. The molecule has 0 amide bonds. The number of aromatic nitrogens is 2. The molecule has 2 aliphatic heterocycles. The van der Waals surface area contributed by atoms with E-state index < -0.39 is 60.4 Å². The maximum Gasteiger partial charge on any atom is 0.135 e. The number of para-hydroxylation sites is 3. The van der Waals surface area contributed by atoms with Gasteiger partial charge in [-0.05, 0) is 58.0 Å². The van der Waals surface area contributed by atoms with Gasteiger partial charge in [0.05, 0.1) is 25.6 Å². The fourth-order valence-electron chi connectivity index (χ4n) is 8.24. The van der Waals surface area contributed by atoms with Crippen LogP contribution in [-0.2, 0) is 25.8 Å². The molecule has 314 valence electrons. The topological polar surface area (TPSA) is 35.5 Å². The summed E-state index contributed by atoms with van der Waals surface area (Å²) in [6, 6.07) is 39.2. The van der Waals surface area contributed by atoms with Crippen LogP contribution in [0, 0.1) is 18.8 Å². The Morgan fingerprint density at radius 2 is 1.20 bits per heavy atom. The Hall–Kier alpha value is -6.75. The van der Waals surface area contributed by atoms with E-state index in [2.05, 4.69) is 73.1 Å². The van der Waals surface area contributed by atoms with Crippen molar-refractivity contribution in [3.63, 3.8) is 0 Å². The summed E-state index contributed by atoms with van der Waals surface area (Å²) in [4.78, 5) is 17.0. The number of benzene rings is 7. The minimum absolute atomic E-state index is 0. The van der Waals surface area contributed by atoms with Crippen molar-refractivity contribution in [1.29, 1.82) is 0 Å². The quantitative estimate of drug-likeness (QED) is 0.117. The van der Waals surface area contributed by atoms with Gasteiger partial charge in [-0.1, -0.05) is 147 Å². The first kappa shape index (κ1) is 31.2. The molecule has 11 rings (SSSR count). The second-order valence-corrected chi connectivity index (χ2v) is 17.1. The van der Waals surface area contributed by atoms with Gasteiger partial charge in [0.25, 0.3) is 0 Å². The number of rotatable bonds is 7. The van der Waals surface area contributed by atoms with Crippen molar-refractivity contribution in [1.82, 2.24) is 9.97 Å². The number of pyridine rings is 2. The van der Waals surface area contributed by atoms with Crippen LogP contribution in [0.3, 0.4) is 0 Å². The van der Waals surface area contributed by atoms with E-state index in [1.165, 1.54) is 11.8 Å². The number of nitrogens with zero attached hydrogens (tertiary/aromatic N) is 5. The first-order valence-electron chi connectivity index (χ1n) is 25.4. The van der Waals surface area contributed by atoms with Gasteiger partial charge in [-0.2, -0.15) is 24.3 Å². The average Bonchev–Trinajstić information content (AvgIpc) is 3.73. The molecule has 5 nitrogen and oxygen atoms in total. The number of fused-ring (bicyclic) bond motifs is 6. The summed E-state index contributed by atoms with van der Waals surface area (Å²) < 4.78 is 87.3. The Bertz CT molecular complexity index is 3610. The van der Waals surface area contributed by atoms with Gasteiger partial charge in [0.1, 0.15) is 5.82 Å². The zero-order valence-electron chi connectivity index (χ0n) is 44.7. The van der Waals surface area contributed by atoms with Crippen molar-refractivity contribution >= 4 is 51.7 Å². The number of hydrogen-bond donors (Lipinski definition) is 0. The van der Waals surface area contributed by atoms with Gasteiger partial charge in [-0.15, -0.1) is 57.7 Å². The predicted octanol–water partition coefficient (Wildman–Crippen LogP) is 15.4. The van der Waals surface area contributed by atoms with E-state index >= 15 is 0 Å². The van der Waals surface area contributed by atoms with E-state index in [0.29, 0.717) is 17.1 Å². The van der Waals surface area contributed by atoms with Crippen molar-refractivity contribution in [2.75, 3.05) is 14.7 Å². The molecule has 0 spiro atoms. The van der Waals surface area contributed by atoms with E-state index in [9.17, 15) is 0 Å². The molecular formula is C57H42N5PdS-3. The summed E-state index contributed by atoms with van der Waals surface area (Å²) >= 11 is 1.49. The number of hydrogen-bond acceptors (Lipinski definition) is 6. The van der Waals surface area contributed by atoms with Crippen LogP contribution in [0.1, 0.15) is 40.0 Å². The van der Waals surface area contributed by atoms with Crippen LogP contribution in [0.4, 0.5) is 39.9 Å². The van der Waals surface area contributed by atoms with E-state index in [1.807, 2.05) is 90.2 Å².